The van der Waals surface area contributed by atoms with Crippen molar-refractivity contribution in [2.24, 2.45) is 5.92 Å². The fourth-order valence-electron chi connectivity index (χ4n) is 0.309. The summed E-state index contributed by atoms with van der Waals surface area (Å²) in [4.78, 5) is 0. The number of hydrogen-bond acceptors (Lipinski definition) is 0. The van der Waals surface area contributed by atoms with Crippen molar-refractivity contribution in [2.45, 2.75) is 20.3 Å². The first kappa shape index (κ1) is 7.22. The lowest BCUT2D eigenvalue weighted by molar-refractivity contribution is 0.638. The van der Waals surface area contributed by atoms with E-state index in [1.807, 2.05) is 0 Å². The van der Waals surface area contributed by atoms with Gasteiger partial charge in [0.15, 0.2) is 0 Å². The standard InChI is InChI=1S/C6H13S/c1-4-6(2)5-7-3/h3,6-7H,4-5H2,1-2H3. The molecular formula is C6H13S. The number of rotatable bonds is 3. The topological polar surface area (TPSA) is 0 Å². The Bertz CT molecular complexity index is 50.1. The summed E-state index contributed by atoms with van der Waals surface area (Å²) in [6, 6.07) is 0. The summed E-state index contributed by atoms with van der Waals surface area (Å²) in [5.41, 5.74) is 0. The van der Waals surface area contributed by atoms with Gasteiger partial charge in [-0.05, 0) is 17.5 Å². The van der Waals surface area contributed by atoms with Crippen LogP contribution in [0, 0.1) is 5.92 Å². The van der Waals surface area contributed by atoms with E-state index in [9.17, 15) is 0 Å². The Morgan fingerprint density at radius 2 is 2.29 bits per heavy atom. The third-order valence-corrected chi connectivity index (χ3v) is 1.95. The van der Waals surface area contributed by atoms with Gasteiger partial charge >= 0.3 is 0 Å². The van der Waals surface area contributed by atoms with Crippen molar-refractivity contribution in [3.05, 3.63) is 0 Å². The normalized spacial score (nSPS) is 14.0. The second-order valence-electron chi connectivity index (χ2n) is 1.88. The minimum Gasteiger partial charge on any atom is -0.200 e. The van der Waals surface area contributed by atoms with Crippen molar-refractivity contribution in [2.75, 3.05) is 5.75 Å². The van der Waals surface area contributed by atoms with Crippen LogP contribution in [-0.4, -0.2) is 11.6 Å². The molecule has 0 rings (SSSR count). The van der Waals surface area contributed by atoms with Crippen molar-refractivity contribution in [1.82, 2.24) is 0 Å². The summed E-state index contributed by atoms with van der Waals surface area (Å²) in [7, 11) is 0. The van der Waals surface area contributed by atoms with Gasteiger partial charge in [0.2, 0.25) is 0 Å². The van der Waals surface area contributed by atoms with Gasteiger partial charge in [-0.3, -0.25) is 0 Å². The lowest BCUT2D eigenvalue weighted by Crippen LogP contribution is -1.91. The van der Waals surface area contributed by atoms with Gasteiger partial charge in [0, 0.05) is 0 Å². The fraction of sp³-hybridized carbons (Fsp3) is 0.833. The van der Waals surface area contributed by atoms with Crippen LogP contribution in [0.15, 0.2) is 0 Å². The maximum absolute atomic E-state index is 5.28. The highest BCUT2D eigenvalue weighted by molar-refractivity contribution is 7.96. The Labute approximate surface area is 49.9 Å². The molecular weight excluding hydrogens is 104 g/mol. The lowest BCUT2D eigenvalue weighted by Gasteiger charge is -2.00. The Hall–Kier alpha value is 0.220. The van der Waals surface area contributed by atoms with E-state index in [0.717, 1.165) is 23.0 Å². The first-order valence-corrected chi connectivity index (χ1v) is 3.82. The Morgan fingerprint density at radius 1 is 1.71 bits per heavy atom. The highest BCUT2D eigenvalue weighted by Crippen LogP contribution is 2.02. The molecule has 0 aromatic carbocycles. The van der Waals surface area contributed by atoms with Gasteiger partial charge in [0.25, 0.3) is 0 Å². The van der Waals surface area contributed by atoms with E-state index in [2.05, 4.69) is 13.8 Å². The van der Waals surface area contributed by atoms with E-state index in [0.29, 0.717) is 0 Å². The van der Waals surface area contributed by atoms with Gasteiger partial charge in [0.1, 0.15) is 0 Å². The lowest BCUT2D eigenvalue weighted by atomic mass is 10.2. The molecule has 0 spiro atoms. The van der Waals surface area contributed by atoms with Crippen LogP contribution in [-0.2, 0) is 0 Å². The van der Waals surface area contributed by atoms with Gasteiger partial charge in [-0.1, -0.05) is 20.3 Å². The maximum atomic E-state index is 5.28. The van der Waals surface area contributed by atoms with Gasteiger partial charge in [-0.15, -0.1) is 0 Å². The van der Waals surface area contributed by atoms with Gasteiger partial charge in [-0.25, -0.2) is 0 Å². The van der Waals surface area contributed by atoms with Crippen molar-refractivity contribution >= 4 is 17.2 Å². The zero-order valence-electron chi connectivity index (χ0n) is 5.02. The van der Waals surface area contributed by atoms with Crippen LogP contribution in [0.4, 0.5) is 0 Å². The SMILES string of the molecule is [CH]=[SH]CC(C)CC. The second kappa shape index (κ2) is 4.38. The molecule has 0 aliphatic carbocycles. The smallest absolute Gasteiger partial charge is 0.0119 e. The number of hydrogen-bond donors (Lipinski definition) is 1. The van der Waals surface area contributed by atoms with E-state index in [-0.39, 0.29) is 0 Å². The molecule has 0 aliphatic rings. The van der Waals surface area contributed by atoms with Crippen LogP contribution < -0.4 is 0 Å². The molecule has 7 heavy (non-hydrogen) atoms. The van der Waals surface area contributed by atoms with Crippen molar-refractivity contribution in [1.29, 1.82) is 0 Å². The molecule has 0 bridgehead atoms. The first-order chi connectivity index (χ1) is 3.31. The third-order valence-electron chi connectivity index (χ3n) is 1.11. The van der Waals surface area contributed by atoms with Crippen molar-refractivity contribution in [3.63, 3.8) is 0 Å². The highest BCUT2D eigenvalue weighted by Gasteiger charge is 1.90. The van der Waals surface area contributed by atoms with E-state index in [4.69, 9.17) is 5.87 Å². The van der Waals surface area contributed by atoms with Crippen molar-refractivity contribution < 1.29 is 0 Å². The van der Waals surface area contributed by atoms with Gasteiger partial charge in [-0.2, -0.15) is 11.4 Å². The summed E-state index contributed by atoms with van der Waals surface area (Å²) in [6.45, 7) is 4.41. The summed E-state index contributed by atoms with van der Waals surface area (Å²) in [5.74, 6) is 7.24. The zero-order valence-corrected chi connectivity index (χ0v) is 5.91. The molecule has 0 aliphatic heterocycles. The van der Waals surface area contributed by atoms with E-state index >= 15 is 0 Å². The third kappa shape index (κ3) is 4.07. The summed E-state index contributed by atoms with van der Waals surface area (Å²) in [5, 5.41) is 0. The quantitative estimate of drug-likeness (QED) is 0.423. The van der Waals surface area contributed by atoms with Gasteiger partial charge < -0.3 is 0 Å². The average molecular weight is 117 g/mol. The molecule has 0 aromatic heterocycles. The molecule has 0 fully saturated rings. The van der Waals surface area contributed by atoms with Crippen LogP contribution in [0.2, 0.25) is 0 Å². The Kier molecular flexibility index (Phi) is 4.52. The van der Waals surface area contributed by atoms with Gasteiger partial charge in [0.05, 0.1) is 0 Å². The monoisotopic (exact) mass is 117 g/mol. The molecule has 0 aromatic rings. The fourth-order valence-corrected chi connectivity index (χ4v) is 0.927. The number of thiol groups is 1. The van der Waals surface area contributed by atoms with E-state index in [1.54, 1.807) is 0 Å². The molecule has 0 amide bonds. The molecule has 0 N–H and O–H groups in total. The molecule has 0 nitrogen and oxygen atoms in total. The predicted molar refractivity (Wildman–Crippen MR) is 39.4 cm³/mol. The average Bonchev–Trinajstić information content (AvgIpc) is 1.68. The van der Waals surface area contributed by atoms with Crippen LogP contribution in [0.3, 0.4) is 0 Å². The van der Waals surface area contributed by atoms with Crippen LogP contribution in [0.25, 0.3) is 0 Å². The molecule has 1 heteroatoms. The minimum absolute atomic E-state index is 0.812. The molecule has 1 radical (unpaired) electrons. The molecule has 0 heterocycles. The maximum Gasteiger partial charge on any atom is -0.0119 e. The molecule has 1 atom stereocenters. The molecule has 1 unspecified atom stereocenters. The van der Waals surface area contributed by atoms with Crippen LogP contribution in [0.5, 0.6) is 0 Å². The molecule has 0 saturated carbocycles. The Morgan fingerprint density at radius 3 is 2.43 bits per heavy atom. The summed E-state index contributed by atoms with van der Waals surface area (Å²) in [6.07, 6.45) is 1.25. The van der Waals surface area contributed by atoms with E-state index < -0.39 is 0 Å². The molecule has 0 saturated heterocycles. The zero-order chi connectivity index (χ0) is 5.70. The Balaban J connectivity index is 2.98. The van der Waals surface area contributed by atoms with Crippen LogP contribution in [0.1, 0.15) is 20.3 Å². The first-order valence-electron chi connectivity index (χ1n) is 2.68. The second-order valence-corrected chi connectivity index (χ2v) is 2.61. The molecule has 43 valence electrons. The largest absolute Gasteiger partial charge is 0.200 e. The minimum atomic E-state index is 0.812. The van der Waals surface area contributed by atoms with Crippen LogP contribution >= 0.6 is 11.4 Å². The summed E-state index contributed by atoms with van der Waals surface area (Å²) < 4.78 is 0. The summed E-state index contributed by atoms with van der Waals surface area (Å²) >= 11 is 1.04. The van der Waals surface area contributed by atoms with Crippen molar-refractivity contribution in [3.8, 4) is 0 Å². The van der Waals surface area contributed by atoms with E-state index in [1.165, 1.54) is 6.42 Å². The predicted octanol–water partition coefficient (Wildman–Crippen LogP) is 1.81. The highest BCUT2D eigenvalue weighted by atomic mass is 32.1.